The maximum atomic E-state index is 11.5. The summed E-state index contributed by atoms with van der Waals surface area (Å²) in [6.45, 7) is 5.14. The van der Waals surface area contributed by atoms with E-state index in [-0.39, 0.29) is 16.9 Å². The van der Waals surface area contributed by atoms with Crippen molar-refractivity contribution in [3.8, 4) is 0 Å². The van der Waals surface area contributed by atoms with Gasteiger partial charge in [-0.1, -0.05) is 62.9 Å². The van der Waals surface area contributed by atoms with Crippen molar-refractivity contribution in [2.24, 2.45) is 0 Å². The van der Waals surface area contributed by atoms with Crippen molar-refractivity contribution in [2.45, 2.75) is 25.1 Å². The van der Waals surface area contributed by atoms with Gasteiger partial charge in [0.15, 0.2) is 15.9 Å². The Hall–Kier alpha value is -0.970. The first-order valence-electron chi connectivity index (χ1n) is 9.44. The lowest BCUT2D eigenvalue weighted by Crippen LogP contribution is -2.07. The van der Waals surface area contributed by atoms with Crippen LogP contribution in [0.2, 0.25) is 0 Å². The number of hydrogen-bond acceptors (Lipinski definition) is 6. The normalized spacial score (nSPS) is 9.26. The molecule has 194 valence electrons. The number of aryl methyl sites for hydroxylation is 2. The fraction of sp³-hybridized carbons (Fsp3) is 0.304. The van der Waals surface area contributed by atoms with E-state index in [1.165, 1.54) is 21.1 Å². The van der Waals surface area contributed by atoms with Gasteiger partial charge in [-0.3, -0.25) is 9.59 Å². The minimum Gasteiger partial charge on any atom is -0.465 e. The summed E-state index contributed by atoms with van der Waals surface area (Å²) in [5, 5.41) is 0.248. The van der Waals surface area contributed by atoms with Crippen molar-refractivity contribution in [1.82, 2.24) is 0 Å². The number of rotatable bonds is 5. The quantitative estimate of drug-likeness (QED) is 0.175. The predicted octanol–water partition coefficient (Wildman–Crippen LogP) is 8.02. The van der Waals surface area contributed by atoms with Gasteiger partial charge in [0.25, 0.3) is 0 Å². The molecule has 0 aliphatic rings. The minimum absolute atomic E-state index is 0.0433. The Morgan fingerprint density at radius 1 is 0.800 bits per heavy atom. The van der Waals surface area contributed by atoms with Crippen LogP contribution in [-0.2, 0) is 9.47 Å². The number of ketones is 2. The van der Waals surface area contributed by atoms with Crippen LogP contribution in [0.3, 0.4) is 0 Å². The number of carbonyl (C=O) groups excluding carboxylic acids is 4. The molecule has 0 atom stereocenters. The molecule has 0 unspecified atom stereocenters. The average Bonchev–Trinajstić information content (AvgIpc) is 2.84. The molecule has 2 aromatic carbocycles. The molecule has 0 saturated heterocycles. The maximum Gasteiger partial charge on any atom is 0.337 e. The van der Waals surface area contributed by atoms with Crippen molar-refractivity contribution in [3.05, 3.63) is 69.8 Å². The molecule has 0 saturated carbocycles. The Balaban J connectivity index is 0. The Bertz CT molecular complexity index is 998. The van der Waals surface area contributed by atoms with Crippen LogP contribution >= 0.6 is 79.0 Å². The van der Waals surface area contributed by atoms with Gasteiger partial charge < -0.3 is 9.47 Å². The minimum atomic E-state index is -0.750. The fourth-order valence-corrected chi connectivity index (χ4v) is 2.79. The molecule has 0 fully saturated rings. The van der Waals surface area contributed by atoms with E-state index >= 15 is 0 Å². The first-order chi connectivity index (χ1) is 16.4. The van der Waals surface area contributed by atoms with Crippen LogP contribution in [0.5, 0.6) is 0 Å². The van der Waals surface area contributed by atoms with Crippen molar-refractivity contribution in [2.75, 3.05) is 19.5 Å². The van der Waals surface area contributed by atoms with Crippen LogP contribution in [0.4, 0.5) is 0 Å². The van der Waals surface area contributed by atoms with Crippen LogP contribution in [-0.4, -0.2) is 47.4 Å². The van der Waals surface area contributed by atoms with Crippen LogP contribution in [0.15, 0.2) is 36.4 Å². The van der Waals surface area contributed by atoms with E-state index < -0.39 is 16.2 Å². The summed E-state index contributed by atoms with van der Waals surface area (Å²) in [4.78, 5) is 45.1. The summed E-state index contributed by atoms with van der Waals surface area (Å²) in [6, 6.07) is 9.89. The van der Waals surface area contributed by atoms with Crippen molar-refractivity contribution in [1.29, 1.82) is 0 Å². The van der Waals surface area contributed by atoms with Gasteiger partial charge in [0.05, 0.1) is 30.7 Å². The van der Waals surface area contributed by atoms with E-state index in [9.17, 15) is 19.2 Å². The summed E-state index contributed by atoms with van der Waals surface area (Å²) in [7, 11) is 2.63. The van der Waals surface area contributed by atoms with Gasteiger partial charge in [0, 0.05) is 39.4 Å². The van der Waals surface area contributed by atoms with E-state index in [0.717, 1.165) is 11.1 Å². The average molecular weight is 743 g/mol. The molecule has 0 bridgehead atoms. The summed E-state index contributed by atoms with van der Waals surface area (Å²) < 4.78 is 8.39. The van der Waals surface area contributed by atoms with Gasteiger partial charge in [-0.25, -0.2) is 9.59 Å². The Labute approximate surface area is 243 Å². The Kier molecular flexibility index (Phi) is 20.8. The highest BCUT2D eigenvalue weighted by molar-refractivity contribution is 9.93. The molecule has 2 rings (SSSR count). The number of benzene rings is 2. The molecule has 12 heteroatoms. The summed E-state index contributed by atoms with van der Waals surface area (Å²) in [5.74, 6) is -0.947. The van der Waals surface area contributed by atoms with Crippen LogP contribution in [0, 0.1) is 13.8 Å². The first kappa shape index (κ1) is 36.2. The molecule has 0 heterocycles. The number of esters is 2. The molecule has 2 aromatic rings. The second-order valence-electron chi connectivity index (χ2n) is 6.40. The van der Waals surface area contributed by atoms with E-state index in [0.29, 0.717) is 22.3 Å². The molecule has 35 heavy (non-hydrogen) atoms. The van der Waals surface area contributed by atoms with E-state index in [4.69, 9.17) is 34.8 Å². The molecular formula is C23H24Br3Cl3O6. The van der Waals surface area contributed by atoms with Crippen LogP contribution in [0.25, 0.3) is 0 Å². The van der Waals surface area contributed by atoms with Gasteiger partial charge >= 0.3 is 11.9 Å². The Morgan fingerprint density at radius 3 is 1.46 bits per heavy atom. The molecular weight excluding hydrogens is 718 g/mol. The largest absolute Gasteiger partial charge is 0.465 e. The molecule has 6 nitrogen and oxygen atoms in total. The third-order valence-electron chi connectivity index (χ3n) is 4.12. The van der Waals surface area contributed by atoms with Crippen LogP contribution < -0.4 is 0 Å². The smallest absolute Gasteiger partial charge is 0.337 e. The van der Waals surface area contributed by atoms with Crippen molar-refractivity contribution < 1.29 is 28.7 Å². The topological polar surface area (TPSA) is 86.7 Å². The predicted molar refractivity (Wildman–Crippen MR) is 152 cm³/mol. The van der Waals surface area contributed by atoms with Gasteiger partial charge in [-0.15, -0.1) is 0 Å². The summed E-state index contributed by atoms with van der Waals surface area (Å²) >= 11 is 23.0. The van der Waals surface area contributed by atoms with Crippen molar-refractivity contribution >= 4 is 102 Å². The molecule has 0 aliphatic heterocycles. The zero-order chi connectivity index (χ0) is 27.7. The number of carbonyl (C=O) groups is 4. The first-order valence-corrected chi connectivity index (χ1v) is 15.6. The summed E-state index contributed by atoms with van der Waals surface area (Å²) in [5.41, 5.74) is 3.63. The monoisotopic (exact) mass is 738 g/mol. The van der Waals surface area contributed by atoms with Gasteiger partial charge in [0.2, 0.25) is 0 Å². The number of Topliss-reactive ketones (excluding diaryl/α,β-unsaturated/α-hetero) is 2. The highest BCUT2D eigenvalue weighted by Crippen LogP contribution is 2.14. The standard InChI is InChI=1S/C11H11BrO3.C11H12O3.CHCl3.Br2/c1-7-3-4-8(11(14)15-2)5-9(7)10(13)6-12;1-7-4-5-9(11(13)14-3)6-10(7)8(2)12;2-1(3)4;1-2/h3-5H,6H2,1-2H3;4-6H,1-3H3;1H;. The molecule has 0 radical (unpaired) electrons. The lowest BCUT2D eigenvalue weighted by atomic mass is 10.0. The maximum absolute atomic E-state index is 11.5. The van der Waals surface area contributed by atoms with Crippen molar-refractivity contribution in [3.63, 3.8) is 0 Å². The SMILES string of the molecule is BrBr.COC(=O)c1ccc(C)c(C(=O)CBr)c1.COC(=O)c1ccc(C)c(C(C)=O)c1.ClC(Cl)Cl. The number of methoxy groups -OCH3 is 2. The molecule has 0 N–H and O–H groups in total. The molecule has 0 aliphatic carbocycles. The van der Waals surface area contributed by atoms with Gasteiger partial charge in [-0.2, -0.15) is 0 Å². The highest BCUT2D eigenvalue weighted by Gasteiger charge is 2.12. The Morgan fingerprint density at radius 2 is 1.14 bits per heavy atom. The highest BCUT2D eigenvalue weighted by atomic mass is 80.9. The number of alkyl halides is 4. The zero-order valence-electron chi connectivity index (χ0n) is 19.5. The van der Waals surface area contributed by atoms with Gasteiger partial charge in [0.1, 0.15) is 0 Å². The summed E-state index contributed by atoms with van der Waals surface area (Å²) in [6.07, 6.45) is 0. The lowest BCUT2D eigenvalue weighted by molar-refractivity contribution is 0.0591. The van der Waals surface area contributed by atoms with Crippen LogP contribution in [0.1, 0.15) is 59.5 Å². The second-order valence-corrected chi connectivity index (χ2v) is 8.94. The number of hydrogen-bond donors (Lipinski definition) is 0. The van der Waals surface area contributed by atoms with E-state index in [2.05, 4.69) is 53.7 Å². The molecule has 0 amide bonds. The fourth-order valence-electron chi connectivity index (χ4n) is 2.49. The number of ether oxygens (including phenoxy) is 2. The lowest BCUT2D eigenvalue weighted by Gasteiger charge is -2.05. The third kappa shape index (κ3) is 14.4. The molecule has 0 aromatic heterocycles. The second kappa shape index (κ2) is 20.1. The number of halogens is 6. The van der Waals surface area contributed by atoms with Gasteiger partial charge in [-0.05, 0) is 56.2 Å². The third-order valence-corrected chi connectivity index (χ3v) is 4.63. The zero-order valence-corrected chi connectivity index (χ0v) is 26.5. The molecule has 0 spiro atoms. The van der Waals surface area contributed by atoms with E-state index in [1.807, 2.05) is 13.8 Å². The van der Waals surface area contributed by atoms with E-state index in [1.54, 1.807) is 36.4 Å².